The summed E-state index contributed by atoms with van der Waals surface area (Å²) in [4.78, 5) is 10.3. The number of nitro benzene ring substituents is 1. The predicted octanol–water partition coefficient (Wildman–Crippen LogP) is 2.88. The van der Waals surface area contributed by atoms with Crippen LogP contribution < -0.4 is 5.32 Å². The van der Waals surface area contributed by atoms with Gasteiger partial charge in [-0.05, 0) is 25.5 Å². The lowest BCUT2D eigenvalue weighted by Crippen LogP contribution is -2.26. The second-order valence-corrected chi connectivity index (χ2v) is 5.04. The van der Waals surface area contributed by atoms with E-state index in [1.807, 2.05) is 0 Å². The number of nitro groups is 1. The number of phenols is 1. The van der Waals surface area contributed by atoms with E-state index >= 15 is 0 Å². The molecular weight excluding hydrogens is 288 g/mol. The summed E-state index contributed by atoms with van der Waals surface area (Å²) in [5, 5.41) is 24.0. The van der Waals surface area contributed by atoms with Gasteiger partial charge in [0, 0.05) is 22.1 Å². The van der Waals surface area contributed by atoms with Gasteiger partial charge < -0.3 is 10.4 Å². The maximum absolute atomic E-state index is 10.8. The molecule has 5 nitrogen and oxygen atoms in total. The van der Waals surface area contributed by atoms with Gasteiger partial charge in [-0.2, -0.15) is 0 Å². The zero-order valence-corrected chi connectivity index (χ0v) is 10.7. The molecule has 2 N–H and O–H groups in total. The number of nitrogens with zero attached hydrogens (tertiary/aromatic N) is 1. The predicted molar refractivity (Wildman–Crippen MR) is 67.1 cm³/mol. The van der Waals surface area contributed by atoms with Crippen molar-refractivity contribution >= 4 is 21.6 Å². The van der Waals surface area contributed by atoms with Gasteiger partial charge in [-0.25, -0.2) is 0 Å². The van der Waals surface area contributed by atoms with E-state index in [1.54, 1.807) is 6.07 Å². The lowest BCUT2D eigenvalue weighted by molar-refractivity contribution is -0.386. The molecule has 1 atom stereocenters. The number of halogens is 1. The van der Waals surface area contributed by atoms with Crippen molar-refractivity contribution in [2.45, 2.75) is 25.3 Å². The first kappa shape index (κ1) is 12.3. The molecule has 0 aliphatic carbocycles. The molecule has 0 bridgehead atoms. The van der Waals surface area contributed by atoms with Crippen LogP contribution in [0.25, 0.3) is 0 Å². The quantitative estimate of drug-likeness (QED) is 0.650. The zero-order valence-electron chi connectivity index (χ0n) is 9.15. The van der Waals surface area contributed by atoms with Gasteiger partial charge in [0.25, 0.3) is 0 Å². The number of hydrogen-bond acceptors (Lipinski definition) is 4. The first-order valence-corrected chi connectivity index (χ1v) is 6.29. The van der Waals surface area contributed by atoms with E-state index in [2.05, 4.69) is 21.2 Å². The smallest absolute Gasteiger partial charge is 0.312 e. The Labute approximate surface area is 107 Å². The van der Waals surface area contributed by atoms with Crippen LogP contribution in [0.1, 0.15) is 30.9 Å². The highest BCUT2D eigenvalue weighted by molar-refractivity contribution is 9.10. The third kappa shape index (κ3) is 2.58. The van der Waals surface area contributed by atoms with Crippen molar-refractivity contribution in [3.05, 3.63) is 32.3 Å². The van der Waals surface area contributed by atoms with Crippen LogP contribution in [-0.4, -0.2) is 16.6 Å². The number of phenolic OH excluding ortho intramolecular Hbond substituents is 1. The minimum atomic E-state index is -0.563. The van der Waals surface area contributed by atoms with Crippen molar-refractivity contribution in [2.24, 2.45) is 0 Å². The van der Waals surface area contributed by atoms with Crippen molar-refractivity contribution in [3.63, 3.8) is 0 Å². The van der Waals surface area contributed by atoms with Crippen LogP contribution in [0, 0.1) is 10.1 Å². The van der Waals surface area contributed by atoms with Crippen LogP contribution in [0.3, 0.4) is 0 Å². The Balaban J connectivity index is 2.41. The van der Waals surface area contributed by atoms with Crippen molar-refractivity contribution in [2.75, 3.05) is 6.54 Å². The Morgan fingerprint density at radius 3 is 2.82 bits per heavy atom. The summed E-state index contributed by atoms with van der Waals surface area (Å²) in [6.07, 6.45) is 3.06. The molecule has 1 aliphatic heterocycles. The van der Waals surface area contributed by atoms with Crippen molar-refractivity contribution < 1.29 is 10.0 Å². The summed E-state index contributed by atoms with van der Waals surface area (Å²) in [5.41, 5.74) is 0.354. The summed E-state index contributed by atoms with van der Waals surface area (Å²) < 4.78 is 0.615. The summed E-state index contributed by atoms with van der Waals surface area (Å²) in [7, 11) is 0. The molecule has 6 heteroatoms. The van der Waals surface area contributed by atoms with Gasteiger partial charge >= 0.3 is 5.69 Å². The van der Waals surface area contributed by atoms with E-state index in [0.29, 0.717) is 10.0 Å². The van der Waals surface area contributed by atoms with E-state index in [-0.39, 0.29) is 17.5 Å². The van der Waals surface area contributed by atoms with Gasteiger partial charge in [0.15, 0.2) is 5.75 Å². The van der Waals surface area contributed by atoms with E-state index < -0.39 is 4.92 Å². The number of benzene rings is 1. The second-order valence-electron chi connectivity index (χ2n) is 4.12. The van der Waals surface area contributed by atoms with Gasteiger partial charge in [-0.1, -0.05) is 22.4 Å². The van der Waals surface area contributed by atoms with E-state index in [9.17, 15) is 15.2 Å². The fourth-order valence-corrected chi connectivity index (χ4v) is 2.59. The van der Waals surface area contributed by atoms with Gasteiger partial charge in [0.1, 0.15) is 0 Å². The van der Waals surface area contributed by atoms with E-state index in [0.717, 1.165) is 25.8 Å². The summed E-state index contributed by atoms with van der Waals surface area (Å²) in [6, 6.07) is 3.06. The zero-order chi connectivity index (χ0) is 12.4. The molecule has 17 heavy (non-hydrogen) atoms. The molecule has 1 aromatic rings. The minimum Gasteiger partial charge on any atom is -0.502 e. The van der Waals surface area contributed by atoms with Gasteiger partial charge in [-0.3, -0.25) is 10.1 Å². The van der Waals surface area contributed by atoms with Crippen LogP contribution in [0.4, 0.5) is 5.69 Å². The number of hydrogen-bond donors (Lipinski definition) is 2. The Bertz CT molecular complexity index is 445. The van der Waals surface area contributed by atoms with Crippen LogP contribution in [0.2, 0.25) is 0 Å². The molecule has 0 unspecified atom stereocenters. The van der Waals surface area contributed by atoms with E-state index in [1.165, 1.54) is 6.07 Å². The highest BCUT2D eigenvalue weighted by Gasteiger charge is 2.24. The lowest BCUT2D eigenvalue weighted by atomic mass is 9.96. The maximum atomic E-state index is 10.8. The Hall–Kier alpha value is -1.14. The number of aromatic hydroxyl groups is 1. The number of piperidine rings is 1. The van der Waals surface area contributed by atoms with Gasteiger partial charge in [-0.15, -0.1) is 0 Å². The molecule has 92 valence electrons. The fraction of sp³-hybridized carbons (Fsp3) is 0.455. The normalized spacial score (nSPS) is 20.2. The molecule has 1 aliphatic rings. The van der Waals surface area contributed by atoms with Crippen molar-refractivity contribution in [1.29, 1.82) is 0 Å². The third-order valence-electron chi connectivity index (χ3n) is 2.97. The Morgan fingerprint density at radius 2 is 2.24 bits per heavy atom. The summed E-state index contributed by atoms with van der Waals surface area (Å²) in [5.74, 6) is -0.224. The molecule has 0 radical (unpaired) electrons. The van der Waals surface area contributed by atoms with Crippen LogP contribution >= 0.6 is 15.9 Å². The highest BCUT2D eigenvalue weighted by Crippen LogP contribution is 2.38. The Kier molecular flexibility index (Phi) is 3.63. The van der Waals surface area contributed by atoms with Gasteiger partial charge in [0.05, 0.1) is 4.92 Å². The van der Waals surface area contributed by atoms with Crippen LogP contribution in [0.5, 0.6) is 5.75 Å². The molecule has 1 saturated heterocycles. The number of rotatable bonds is 2. The molecular formula is C11H13BrN2O3. The van der Waals surface area contributed by atoms with Gasteiger partial charge in [0.2, 0.25) is 0 Å². The molecule has 1 aromatic carbocycles. The standard InChI is InChI=1S/C11H13BrN2O3/c12-7-5-8(9-3-1-2-4-13-9)11(15)10(6-7)14(16)17/h5-6,9,13,15H,1-4H2/t9-/m0/s1. The molecule has 2 rings (SSSR count). The molecule has 0 aromatic heterocycles. The van der Waals surface area contributed by atoms with Crippen LogP contribution in [-0.2, 0) is 0 Å². The van der Waals surface area contributed by atoms with Crippen molar-refractivity contribution in [3.8, 4) is 5.75 Å². The SMILES string of the molecule is O=[N+]([O-])c1cc(Br)cc([C@@H]2CCCCN2)c1O. The average Bonchev–Trinajstić information content (AvgIpc) is 2.32. The molecule has 1 fully saturated rings. The largest absolute Gasteiger partial charge is 0.502 e. The number of nitrogens with one attached hydrogen (secondary N) is 1. The first-order chi connectivity index (χ1) is 8.09. The topological polar surface area (TPSA) is 75.4 Å². The molecule has 1 heterocycles. The molecule has 0 spiro atoms. The van der Waals surface area contributed by atoms with Crippen LogP contribution in [0.15, 0.2) is 16.6 Å². The molecule has 0 saturated carbocycles. The molecule has 0 amide bonds. The minimum absolute atomic E-state index is 0.0000463. The van der Waals surface area contributed by atoms with Crippen molar-refractivity contribution in [1.82, 2.24) is 5.32 Å². The third-order valence-corrected chi connectivity index (χ3v) is 3.42. The second kappa shape index (κ2) is 5.01. The monoisotopic (exact) mass is 300 g/mol. The summed E-state index contributed by atoms with van der Waals surface area (Å²) in [6.45, 7) is 0.879. The maximum Gasteiger partial charge on any atom is 0.312 e. The fourth-order valence-electron chi connectivity index (χ4n) is 2.13. The Morgan fingerprint density at radius 1 is 1.47 bits per heavy atom. The summed E-state index contributed by atoms with van der Waals surface area (Å²) >= 11 is 3.24. The van der Waals surface area contributed by atoms with E-state index in [4.69, 9.17) is 0 Å². The highest BCUT2D eigenvalue weighted by atomic mass is 79.9. The first-order valence-electron chi connectivity index (χ1n) is 5.50. The lowest BCUT2D eigenvalue weighted by Gasteiger charge is -2.24. The average molecular weight is 301 g/mol.